The number of furan rings is 1. The summed E-state index contributed by atoms with van der Waals surface area (Å²) in [7, 11) is 0. The highest BCUT2D eigenvalue weighted by Crippen LogP contribution is 2.30. The molecule has 3 heteroatoms. The van der Waals surface area contributed by atoms with E-state index in [1.54, 1.807) is 6.26 Å². The summed E-state index contributed by atoms with van der Waals surface area (Å²) in [5, 5.41) is 13.5. The molecule has 1 aromatic heterocycles. The minimum Gasteiger partial charge on any atom is -0.467 e. The van der Waals surface area contributed by atoms with E-state index in [0.717, 1.165) is 5.92 Å². The Balaban J connectivity index is 1.75. The third-order valence-corrected chi connectivity index (χ3v) is 4.03. The second kappa shape index (κ2) is 6.95. The number of hydrogen-bond acceptors (Lipinski definition) is 3. The molecule has 1 saturated carbocycles. The summed E-state index contributed by atoms with van der Waals surface area (Å²) in [5.74, 6) is 1.46. The minimum atomic E-state index is -0.521. The average Bonchev–Trinajstić information content (AvgIpc) is 3.04. The third kappa shape index (κ3) is 3.59. The highest BCUT2D eigenvalue weighted by atomic mass is 16.4. The fourth-order valence-corrected chi connectivity index (χ4v) is 2.96. The molecule has 0 aliphatic heterocycles. The van der Waals surface area contributed by atoms with Gasteiger partial charge in [0.25, 0.3) is 0 Å². The molecule has 3 atom stereocenters. The molecule has 102 valence electrons. The Kier molecular flexibility index (Phi) is 5.26. The minimum absolute atomic E-state index is 0.521. The predicted octanol–water partition coefficient (Wildman–Crippen LogP) is 3.26. The molecule has 0 aromatic carbocycles. The molecule has 0 bridgehead atoms. The first-order valence-electron chi connectivity index (χ1n) is 7.26. The van der Waals surface area contributed by atoms with Crippen LogP contribution in [-0.4, -0.2) is 17.7 Å². The van der Waals surface area contributed by atoms with Crippen molar-refractivity contribution in [3.63, 3.8) is 0 Å². The Morgan fingerprint density at radius 1 is 1.50 bits per heavy atom. The lowest BCUT2D eigenvalue weighted by Crippen LogP contribution is -2.35. The van der Waals surface area contributed by atoms with E-state index in [1.165, 1.54) is 38.5 Å². The number of nitrogens with one attached hydrogen (secondary N) is 1. The highest BCUT2D eigenvalue weighted by Gasteiger charge is 2.26. The van der Waals surface area contributed by atoms with Crippen molar-refractivity contribution < 1.29 is 9.52 Å². The fourth-order valence-electron chi connectivity index (χ4n) is 2.96. The van der Waals surface area contributed by atoms with Crippen molar-refractivity contribution in [1.29, 1.82) is 0 Å². The zero-order valence-electron chi connectivity index (χ0n) is 11.3. The van der Waals surface area contributed by atoms with Crippen molar-refractivity contribution in [2.75, 3.05) is 6.54 Å². The quantitative estimate of drug-likeness (QED) is 0.782. The molecule has 3 nitrogen and oxygen atoms in total. The number of hydrogen-bond donors (Lipinski definition) is 2. The molecule has 0 saturated heterocycles. The van der Waals surface area contributed by atoms with Crippen molar-refractivity contribution in [3.8, 4) is 0 Å². The van der Waals surface area contributed by atoms with E-state index in [9.17, 15) is 5.11 Å². The van der Waals surface area contributed by atoms with Crippen molar-refractivity contribution in [3.05, 3.63) is 24.2 Å². The van der Waals surface area contributed by atoms with Gasteiger partial charge in [-0.15, -0.1) is 0 Å². The van der Waals surface area contributed by atoms with E-state index in [0.29, 0.717) is 18.3 Å². The molecule has 0 radical (unpaired) electrons. The smallest absolute Gasteiger partial charge is 0.133 e. The molecular formula is C15H25NO2. The predicted molar refractivity (Wildman–Crippen MR) is 72.3 cm³/mol. The highest BCUT2D eigenvalue weighted by molar-refractivity contribution is 5.02. The number of rotatable bonds is 7. The van der Waals surface area contributed by atoms with Gasteiger partial charge in [0, 0.05) is 12.6 Å². The first-order chi connectivity index (χ1) is 8.81. The maximum absolute atomic E-state index is 9.98. The Morgan fingerprint density at radius 2 is 2.39 bits per heavy atom. The summed E-state index contributed by atoms with van der Waals surface area (Å²) in [6.45, 7) is 2.85. The Labute approximate surface area is 110 Å². The molecule has 0 amide bonds. The molecule has 3 unspecified atom stereocenters. The van der Waals surface area contributed by atoms with Crippen LogP contribution in [0.25, 0.3) is 0 Å². The molecule has 0 spiro atoms. The summed E-state index contributed by atoms with van der Waals surface area (Å²) >= 11 is 0. The normalized spacial score (nSPS) is 25.4. The lowest BCUT2D eigenvalue weighted by atomic mass is 9.96. The van der Waals surface area contributed by atoms with E-state index in [-0.39, 0.29) is 0 Å². The van der Waals surface area contributed by atoms with Crippen LogP contribution in [0.4, 0.5) is 0 Å². The van der Waals surface area contributed by atoms with Gasteiger partial charge in [0.05, 0.1) is 6.26 Å². The van der Waals surface area contributed by atoms with Gasteiger partial charge in [-0.05, 0) is 37.3 Å². The van der Waals surface area contributed by atoms with Gasteiger partial charge in [0.2, 0.25) is 0 Å². The zero-order chi connectivity index (χ0) is 12.8. The zero-order valence-corrected chi connectivity index (χ0v) is 11.3. The van der Waals surface area contributed by atoms with Crippen LogP contribution < -0.4 is 5.32 Å². The van der Waals surface area contributed by atoms with Crippen molar-refractivity contribution in [2.24, 2.45) is 5.92 Å². The van der Waals surface area contributed by atoms with Crippen LogP contribution in [0.15, 0.2) is 22.8 Å². The van der Waals surface area contributed by atoms with Crippen LogP contribution >= 0.6 is 0 Å². The van der Waals surface area contributed by atoms with Crippen LogP contribution in [0.1, 0.15) is 57.3 Å². The maximum Gasteiger partial charge on any atom is 0.133 e. The number of aliphatic hydroxyl groups excluding tert-OH is 1. The monoisotopic (exact) mass is 251 g/mol. The summed E-state index contributed by atoms with van der Waals surface area (Å²) in [4.78, 5) is 0. The molecule has 1 aliphatic rings. The van der Waals surface area contributed by atoms with Gasteiger partial charge in [0.1, 0.15) is 11.9 Å². The molecule has 1 aromatic rings. The molecule has 1 fully saturated rings. The SMILES string of the molecule is CCCCC1CCCC1NCC(O)c1ccco1. The van der Waals surface area contributed by atoms with E-state index in [4.69, 9.17) is 4.42 Å². The second-order valence-corrected chi connectivity index (χ2v) is 5.38. The standard InChI is InChI=1S/C15H25NO2/c1-2-3-6-12-7-4-8-13(12)16-11-14(17)15-9-5-10-18-15/h5,9-10,12-14,16-17H,2-4,6-8,11H2,1H3. The van der Waals surface area contributed by atoms with Gasteiger partial charge in [-0.3, -0.25) is 0 Å². The first-order valence-corrected chi connectivity index (χ1v) is 7.26. The summed E-state index contributed by atoms with van der Waals surface area (Å²) < 4.78 is 5.21. The van der Waals surface area contributed by atoms with E-state index in [1.807, 2.05) is 12.1 Å². The molecule has 18 heavy (non-hydrogen) atoms. The fraction of sp³-hybridized carbons (Fsp3) is 0.733. The number of unbranched alkanes of at least 4 members (excludes halogenated alkanes) is 1. The van der Waals surface area contributed by atoms with Crippen molar-refractivity contribution in [2.45, 2.75) is 57.6 Å². The van der Waals surface area contributed by atoms with Crippen LogP contribution in [0.5, 0.6) is 0 Å². The van der Waals surface area contributed by atoms with Gasteiger partial charge >= 0.3 is 0 Å². The lowest BCUT2D eigenvalue weighted by Gasteiger charge is -2.22. The van der Waals surface area contributed by atoms with Crippen LogP contribution in [0, 0.1) is 5.92 Å². The topological polar surface area (TPSA) is 45.4 Å². The van der Waals surface area contributed by atoms with Gasteiger partial charge in [-0.1, -0.05) is 26.2 Å². The van der Waals surface area contributed by atoms with Crippen LogP contribution in [0.3, 0.4) is 0 Å². The Bertz CT molecular complexity index is 323. The maximum atomic E-state index is 9.98. The summed E-state index contributed by atoms with van der Waals surface area (Å²) in [6, 6.07) is 4.23. The molecule has 1 heterocycles. The van der Waals surface area contributed by atoms with Gasteiger partial charge in [0.15, 0.2) is 0 Å². The summed E-state index contributed by atoms with van der Waals surface area (Å²) in [6.07, 6.45) is 8.93. The molecule has 1 aliphatic carbocycles. The van der Waals surface area contributed by atoms with Gasteiger partial charge < -0.3 is 14.8 Å². The molecular weight excluding hydrogens is 226 g/mol. The van der Waals surface area contributed by atoms with Gasteiger partial charge in [-0.2, -0.15) is 0 Å². The van der Waals surface area contributed by atoms with E-state index >= 15 is 0 Å². The van der Waals surface area contributed by atoms with Gasteiger partial charge in [-0.25, -0.2) is 0 Å². The first kappa shape index (κ1) is 13.6. The van der Waals surface area contributed by atoms with E-state index in [2.05, 4.69) is 12.2 Å². The Morgan fingerprint density at radius 3 is 3.11 bits per heavy atom. The van der Waals surface area contributed by atoms with Crippen molar-refractivity contribution >= 4 is 0 Å². The molecule has 2 rings (SSSR count). The third-order valence-electron chi connectivity index (χ3n) is 4.03. The van der Waals surface area contributed by atoms with Crippen LogP contribution in [-0.2, 0) is 0 Å². The summed E-state index contributed by atoms with van der Waals surface area (Å²) in [5.41, 5.74) is 0. The van der Waals surface area contributed by atoms with Crippen LogP contribution in [0.2, 0.25) is 0 Å². The number of aliphatic hydroxyl groups is 1. The average molecular weight is 251 g/mol. The Hall–Kier alpha value is -0.800. The molecule has 2 N–H and O–H groups in total. The van der Waals surface area contributed by atoms with E-state index < -0.39 is 6.10 Å². The largest absolute Gasteiger partial charge is 0.467 e. The second-order valence-electron chi connectivity index (χ2n) is 5.38. The lowest BCUT2D eigenvalue weighted by molar-refractivity contribution is 0.140. The van der Waals surface area contributed by atoms with Crippen molar-refractivity contribution in [1.82, 2.24) is 5.32 Å².